The number of hydrogen-bond donors (Lipinski definition) is 0. The molecule has 146 valence electrons. The maximum absolute atomic E-state index is 9.29. The third-order valence-electron chi connectivity index (χ3n) is 5.65. The highest BCUT2D eigenvalue weighted by atomic mass is 15.5. The van der Waals surface area contributed by atoms with Crippen molar-refractivity contribution in [1.82, 2.24) is 35.0 Å². The monoisotopic (exact) mass is 395 g/mol. The van der Waals surface area contributed by atoms with Crippen LogP contribution in [0.1, 0.15) is 19.3 Å². The fraction of sp³-hybridized carbons (Fsp3) is 0.286. The third-order valence-corrected chi connectivity index (χ3v) is 5.65. The molecule has 3 heterocycles. The Morgan fingerprint density at radius 1 is 1.23 bits per heavy atom. The van der Waals surface area contributed by atoms with Crippen LogP contribution in [0, 0.1) is 28.6 Å². The molecule has 1 aromatic carbocycles. The molecule has 4 aromatic rings. The molecule has 1 saturated carbocycles. The summed E-state index contributed by atoms with van der Waals surface area (Å²) in [5, 5.41) is 36.9. The van der Waals surface area contributed by atoms with Gasteiger partial charge in [0.15, 0.2) is 0 Å². The molecule has 5 rings (SSSR count). The Labute approximate surface area is 172 Å². The topological polar surface area (TPSA) is 122 Å². The zero-order chi connectivity index (χ0) is 20.7. The summed E-state index contributed by atoms with van der Waals surface area (Å²) in [5.41, 5.74) is 3.52. The molecule has 0 amide bonds. The molecule has 0 bridgehead atoms. The average molecular weight is 395 g/mol. The molecule has 0 spiro atoms. The summed E-state index contributed by atoms with van der Waals surface area (Å²) >= 11 is 0. The summed E-state index contributed by atoms with van der Waals surface area (Å²) in [6.07, 6.45) is 6.77. The van der Waals surface area contributed by atoms with Crippen LogP contribution in [0.25, 0.3) is 33.4 Å². The lowest BCUT2D eigenvalue weighted by atomic mass is 9.68. The van der Waals surface area contributed by atoms with E-state index in [9.17, 15) is 10.5 Å². The van der Waals surface area contributed by atoms with Gasteiger partial charge in [-0.1, -0.05) is 11.3 Å². The molecule has 9 heteroatoms. The second kappa shape index (κ2) is 6.75. The number of rotatable bonds is 4. The van der Waals surface area contributed by atoms with E-state index in [1.807, 2.05) is 37.5 Å². The first-order chi connectivity index (χ1) is 14.6. The molecule has 0 radical (unpaired) electrons. The minimum Gasteiger partial charge on any atom is -0.256 e. The Bertz CT molecular complexity index is 1330. The van der Waals surface area contributed by atoms with Crippen molar-refractivity contribution in [3.8, 4) is 34.7 Å². The molecule has 1 aliphatic rings. The smallest absolute Gasteiger partial charge is 0.113 e. The summed E-state index contributed by atoms with van der Waals surface area (Å²) in [6.45, 7) is 0. The van der Waals surface area contributed by atoms with Gasteiger partial charge < -0.3 is 0 Å². The molecule has 9 nitrogen and oxygen atoms in total. The molecule has 3 aromatic heterocycles. The Morgan fingerprint density at radius 2 is 2.10 bits per heavy atom. The standard InChI is InChI=1S/C21H17N9/c1-29-13-20(26-28-29)15-7-17(16-3-2-6-24-18(16)8-15)19-12-25-30(27-19)21(4-5-22)9-14(10-21)11-23/h2-3,6-8,12-14H,4,9-10H2,1H3. The molecule has 1 aliphatic carbocycles. The highest BCUT2D eigenvalue weighted by molar-refractivity contribution is 5.96. The lowest BCUT2D eigenvalue weighted by Crippen LogP contribution is -2.47. The first-order valence-corrected chi connectivity index (χ1v) is 9.57. The molecule has 1 fully saturated rings. The zero-order valence-electron chi connectivity index (χ0n) is 16.3. The van der Waals surface area contributed by atoms with Crippen molar-refractivity contribution in [3.05, 3.63) is 42.9 Å². The van der Waals surface area contributed by atoms with E-state index in [0.717, 1.165) is 27.7 Å². The summed E-state index contributed by atoms with van der Waals surface area (Å²) < 4.78 is 1.65. The van der Waals surface area contributed by atoms with Gasteiger partial charge in [0.05, 0.1) is 47.9 Å². The van der Waals surface area contributed by atoms with Gasteiger partial charge in [-0.05, 0) is 31.0 Å². The first kappa shape index (κ1) is 18.0. The normalized spacial score (nSPS) is 20.4. The van der Waals surface area contributed by atoms with Crippen molar-refractivity contribution >= 4 is 10.9 Å². The van der Waals surface area contributed by atoms with Crippen LogP contribution in [0.4, 0.5) is 0 Å². The van der Waals surface area contributed by atoms with Crippen LogP contribution in [0.5, 0.6) is 0 Å². The van der Waals surface area contributed by atoms with Crippen LogP contribution in [-0.4, -0.2) is 35.0 Å². The van der Waals surface area contributed by atoms with Crippen LogP contribution in [0.15, 0.2) is 42.9 Å². The molecular formula is C21H17N9. The predicted octanol–water partition coefficient (Wildman–Crippen LogP) is 2.83. The number of benzene rings is 1. The van der Waals surface area contributed by atoms with Crippen LogP contribution in [0.3, 0.4) is 0 Å². The van der Waals surface area contributed by atoms with E-state index in [2.05, 4.69) is 32.5 Å². The number of nitrogens with zero attached hydrogens (tertiary/aromatic N) is 9. The van der Waals surface area contributed by atoms with Crippen molar-refractivity contribution in [2.24, 2.45) is 13.0 Å². The fourth-order valence-electron chi connectivity index (χ4n) is 4.11. The second-order valence-electron chi connectivity index (χ2n) is 7.68. The van der Waals surface area contributed by atoms with Gasteiger partial charge in [-0.25, -0.2) is 0 Å². The Balaban J connectivity index is 1.62. The van der Waals surface area contributed by atoms with Crippen LogP contribution < -0.4 is 0 Å². The highest BCUT2D eigenvalue weighted by Crippen LogP contribution is 2.45. The zero-order valence-corrected chi connectivity index (χ0v) is 16.3. The summed E-state index contributed by atoms with van der Waals surface area (Å²) in [4.78, 5) is 6.13. The van der Waals surface area contributed by atoms with Crippen LogP contribution >= 0.6 is 0 Å². The number of pyridine rings is 1. The van der Waals surface area contributed by atoms with Gasteiger partial charge in [-0.2, -0.15) is 25.5 Å². The van der Waals surface area contributed by atoms with Gasteiger partial charge >= 0.3 is 0 Å². The average Bonchev–Trinajstić information content (AvgIpc) is 3.39. The lowest BCUT2D eigenvalue weighted by molar-refractivity contribution is 0.0713. The van der Waals surface area contributed by atoms with E-state index in [0.29, 0.717) is 18.5 Å². The van der Waals surface area contributed by atoms with Gasteiger partial charge in [0, 0.05) is 29.8 Å². The largest absolute Gasteiger partial charge is 0.256 e. The van der Waals surface area contributed by atoms with Crippen molar-refractivity contribution in [2.45, 2.75) is 24.8 Å². The third kappa shape index (κ3) is 2.80. The Hall–Kier alpha value is -4.11. The molecule has 0 atom stereocenters. The maximum atomic E-state index is 9.29. The van der Waals surface area contributed by atoms with Gasteiger partial charge in [-0.15, -0.1) is 5.10 Å². The van der Waals surface area contributed by atoms with E-state index >= 15 is 0 Å². The lowest BCUT2D eigenvalue weighted by Gasteiger charge is -2.42. The highest BCUT2D eigenvalue weighted by Gasteiger charge is 2.48. The Morgan fingerprint density at radius 3 is 2.83 bits per heavy atom. The second-order valence-corrected chi connectivity index (χ2v) is 7.68. The van der Waals surface area contributed by atoms with E-state index in [1.165, 1.54) is 0 Å². The van der Waals surface area contributed by atoms with Gasteiger partial charge in [0.1, 0.15) is 11.4 Å². The van der Waals surface area contributed by atoms with E-state index in [4.69, 9.17) is 5.10 Å². The van der Waals surface area contributed by atoms with Crippen molar-refractivity contribution < 1.29 is 0 Å². The van der Waals surface area contributed by atoms with Crippen molar-refractivity contribution in [2.75, 3.05) is 0 Å². The van der Waals surface area contributed by atoms with Gasteiger partial charge in [0.25, 0.3) is 0 Å². The van der Waals surface area contributed by atoms with E-state index < -0.39 is 5.54 Å². The van der Waals surface area contributed by atoms with Gasteiger partial charge in [-0.3, -0.25) is 9.67 Å². The molecule has 0 aliphatic heterocycles. The number of aromatic nitrogens is 7. The Kier molecular flexibility index (Phi) is 4.04. The van der Waals surface area contributed by atoms with E-state index in [1.54, 1.807) is 21.9 Å². The van der Waals surface area contributed by atoms with Crippen LogP contribution in [0.2, 0.25) is 0 Å². The number of aryl methyl sites for hydroxylation is 1. The number of hydrogen-bond acceptors (Lipinski definition) is 7. The summed E-state index contributed by atoms with van der Waals surface area (Å²) in [5.74, 6) is -0.0576. The fourth-order valence-corrected chi connectivity index (χ4v) is 4.11. The van der Waals surface area contributed by atoms with Crippen molar-refractivity contribution in [3.63, 3.8) is 0 Å². The minimum absolute atomic E-state index is 0.0576. The first-order valence-electron chi connectivity index (χ1n) is 9.57. The SMILES string of the molecule is Cn1cc(-c2cc(-c3cnn(C4(CC#N)CC(C#N)C4)n3)c3cccnc3c2)nn1. The summed E-state index contributed by atoms with van der Waals surface area (Å²) in [7, 11) is 1.82. The van der Waals surface area contributed by atoms with Crippen molar-refractivity contribution in [1.29, 1.82) is 10.5 Å². The summed E-state index contributed by atoms with van der Waals surface area (Å²) in [6, 6.07) is 12.4. The van der Waals surface area contributed by atoms with E-state index in [-0.39, 0.29) is 12.3 Å². The molecule has 0 N–H and O–H groups in total. The molecule has 0 saturated heterocycles. The molecular weight excluding hydrogens is 378 g/mol. The number of fused-ring (bicyclic) bond motifs is 1. The minimum atomic E-state index is -0.510. The molecule has 30 heavy (non-hydrogen) atoms. The molecule has 0 unspecified atom stereocenters. The quantitative estimate of drug-likeness (QED) is 0.520. The van der Waals surface area contributed by atoms with Gasteiger partial charge in [0.2, 0.25) is 0 Å². The van der Waals surface area contributed by atoms with Crippen LogP contribution in [-0.2, 0) is 12.6 Å². The number of nitriles is 2. The maximum Gasteiger partial charge on any atom is 0.113 e. The predicted molar refractivity (Wildman–Crippen MR) is 107 cm³/mol.